The highest BCUT2D eigenvalue weighted by Gasteiger charge is 2.23. The minimum atomic E-state index is -1.16. The molecule has 1 atom stereocenters. The van der Waals surface area contributed by atoms with Crippen LogP contribution >= 0.6 is 0 Å². The van der Waals surface area contributed by atoms with Crippen molar-refractivity contribution in [3.63, 3.8) is 0 Å². The summed E-state index contributed by atoms with van der Waals surface area (Å²) in [4.78, 5) is 24.0. The number of pyridine rings is 1. The van der Waals surface area contributed by atoms with E-state index in [1.54, 1.807) is 0 Å². The summed E-state index contributed by atoms with van der Waals surface area (Å²) < 4.78 is 7.68. The van der Waals surface area contributed by atoms with Crippen molar-refractivity contribution in [2.75, 3.05) is 6.61 Å². The van der Waals surface area contributed by atoms with Crippen LogP contribution in [0.25, 0.3) is 0 Å². The summed E-state index contributed by atoms with van der Waals surface area (Å²) in [5.74, 6) is -1.16. The number of aryl methyl sites for hydroxylation is 2. The summed E-state index contributed by atoms with van der Waals surface area (Å²) in [6.45, 7) is 3.19. The number of benzene rings is 1. The van der Waals surface area contributed by atoms with Crippen molar-refractivity contribution in [1.82, 2.24) is 4.57 Å². The molecule has 1 aliphatic rings. The quantitative estimate of drug-likeness (QED) is 0.877. The fourth-order valence-corrected chi connectivity index (χ4v) is 3.47. The topological polar surface area (TPSA) is 68.5 Å². The summed E-state index contributed by atoms with van der Waals surface area (Å²) in [5, 5.41) is 9.58. The molecule has 25 heavy (non-hydrogen) atoms. The Labute approximate surface area is 146 Å². The van der Waals surface area contributed by atoms with Crippen LogP contribution in [0.2, 0.25) is 0 Å². The van der Waals surface area contributed by atoms with Crippen LogP contribution in [0.5, 0.6) is 0 Å². The number of carboxylic acid groups (broad SMARTS) is 1. The van der Waals surface area contributed by atoms with Gasteiger partial charge in [0.15, 0.2) is 5.43 Å². The molecule has 5 heteroatoms. The van der Waals surface area contributed by atoms with E-state index in [1.807, 2.05) is 41.8 Å². The molecule has 0 spiro atoms. The van der Waals surface area contributed by atoms with E-state index in [9.17, 15) is 14.7 Å². The minimum absolute atomic E-state index is 0.0818. The molecule has 2 aromatic rings. The monoisotopic (exact) mass is 341 g/mol. The summed E-state index contributed by atoms with van der Waals surface area (Å²) in [6, 6.07) is 11.3. The lowest BCUT2D eigenvalue weighted by Crippen LogP contribution is -2.28. The highest BCUT2D eigenvalue weighted by Crippen LogP contribution is 2.19. The van der Waals surface area contributed by atoms with Crippen LogP contribution in [0, 0.1) is 6.92 Å². The first kappa shape index (κ1) is 17.4. The average Bonchev–Trinajstić information content (AvgIpc) is 3.09. The number of hydrogen-bond acceptors (Lipinski definition) is 3. The Balaban J connectivity index is 1.98. The zero-order valence-corrected chi connectivity index (χ0v) is 14.4. The van der Waals surface area contributed by atoms with Gasteiger partial charge in [-0.15, -0.1) is 0 Å². The first-order valence-corrected chi connectivity index (χ1v) is 8.68. The lowest BCUT2D eigenvalue weighted by Gasteiger charge is -2.21. The van der Waals surface area contributed by atoms with Gasteiger partial charge in [0.25, 0.3) is 0 Å². The molecule has 0 saturated carbocycles. The Kier molecular flexibility index (Phi) is 5.34. The maximum atomic E-state index is 12.3. The molecular weight excluding hydrogens is 318 g/mol. The molecular formula is C20H23NO4. The SMILES string of the molecule is Cc1cc(=O)c(C(=O)O)c(CCc2ccccc2)n1C[C@@H]1CCCO1. The second-order valence-corrected chi connectivity index (χ2v) is 6.51. The summed E-state index contributed by atoms with van der Waals surface area (Å²) in [6.07, 6.45) is 3.27. The summed E-state index contributed by atoms with van der Waals surface area (Å²) >= 11 is 0. The van der Waals surface area contributed by atoms with Gasteiger partial charge in [0.1, 0.15) is 5.56 Å². The van der Waals surface area contributed by atoms with Gasteiger partial charge in [-0.3, -0.25) is 4.79 Å². The maximum absolute atomic E-state index is 12.3. The molecule has 0 aliphatic carbocycles. The van der Waals surface area contributed by atoms with Gasteiger partial charge in [-0.25, -0.2) is 4.79 Å². The molecule has 1 saturated heterocycles. The average molecular weight is 341 g/mol. The summed E-state index contributed by atoms with van der Waals surface area (Å²) in [7, 11) is 0. The molecule has 2 heterocycles. The van der Waals surface area contributed by atoms with Crippen molar-refractivity contribution in [2.24, 2.45) is 0 Å². The van der Waals surface area contributed by atoms with E-state index in [-0.39, 0.29) is 11.7 Å². The molecule has 0 unspecified atom stereocenters. The molecule has 0 radical (unpaired) electrons. The molecule has 1 aromatic heterocycles. The molecule has 132 valence electrons. The van der Waals surface area contributed by atoms with E-state index < -0.39 is 11.4 Å². The number of ether oxygens (including phenoxy) is 1. The Bertz CT molecular complexity index is 804. The van der Waals surface area contributed by atoms with Crippen molar-refractivity contribution in [2.45, 2.75) is 45.3 Å². The first-order chi connectivity index (χ1) is 12.1. The number of carboxylic acids is 1. The predicted molar refractivity (Wildman–Crippen MR) is 95.2 cm³/mol. The maximum Gasteiger partial charge on any atom is 0.341 e. The van der Waals surface area contributed by atoms with Crippen LogP contribution in [0.4, 0.5) is 0 Å². The van der Waals surface area contributed by atoms with Gasteiger partial charge in [0.05, 0.1) is 6.10 Å². The zero-order chi connectivity index (χ0) is 17.8. The Hall–Kier alpha value is -2.40. The van der Waals surface area contributed by atoms with Crippen LogP contribution in [-0.2, 0) is 24.1 Å². The van der Waals surface area contributed by atoms with Gasteiger partial charge in [0, 0.05) is 30.6 Å². The highest BCUT2D eigenvalue weighted by molar-refractivity contribution is 5.88. The van der Waals surface area contributed by atoms with Crippen LogP contribution in [0.1, 0.15) is 40.2 Å². The molecule has 1 aromatic carbocycles. The van der Waals surface area contributed by atoms with Crippen LogP contribution in [-0.4, -0.2) is 28.4 Å². The van der Waals surface area contributed by atoms with Gasteiger partial charge >= 0.3 is 5.97 Å². The van der Waals surface area contributed by atoms with E-state index in [1.165, 1.54) is 6.07 Å². The predicted octanol–water partition coefficient (Wildman–Crippen LogP) is 2.82. The summed E-state index contributed by atoms with van der Waals surface area (Å²) in [5.41, 5.74) is 1.97. The third-order valence-electron chi connectivity index (χ3n) is 4.74. The number of aromatic nitrogens is 1. The fourth-order valence-electron chi connectivity index (χ4n) is 3.47. The van der Waals surface area contributed by atoms with Crippen LogP contribution in [0.15, 0.2) is 41.2 Å². The van der Waals surface area contributed by atoms with Crippen molar-refractivity contribution >= 4 is 5.97 Å². The second kappa shape index (κ2) is 7.66. The molecule has 0 bridgehead atoms. The normalized spacial score (nSPS) is 16.9. The van der Waals surface area contributed by atoms with Gasteiger partial charge in [0.2, 0.25) is 0 Å². The third-order valence-corrected chi connectivity index (χ3v) is 4.74. The minimum Gasteiger partial charge on any atom is -0.477 e. The van der Waals surface area contributed by atoms with Crippen molar-refractivity contribution in [1.29, 1.82) is 0 Å². The largest absolute Gasteiger partial charge is 0.477 e. The lowest BCUT2D eigenvalue weighted by atomic mass is 10.0. The number of carbonyl (C=O) groups is 1. The van der Waals surface area contributed by atoms with Gasteiger partial charge in [-0.1, -0.05) is 30.3 Å². The van der Waals surface area contributed by atoms with Crippen LogP contribution in [0.3, 0.4) is 0 Å². The van der Waals surface area contributed by atoms with Crippen molar-refractivity contribution in [3.05, 3.63) is 69.1 Å². The van der Waals surface area contributed by atoms with Crippen LogP contribution < -0.4 is 5.43 Å². The van der Waals surface area contributed by atoms with E-state index in [0.29, 0.717) is 25.1 Å². The number of hydrogen-bond donors (Lipinski definition) is 1. The number of aromatic carboxylic acids is 1. The Morgan fingerprint density at radius 2 is 2.04 bits per heavy atom. The van der Waals surface area contributed by atoms with Crippen molar-refractivity contribution < 1.29 is 14.6 Å². The Morgan fingerprint density at radius 3 is 2.68 bits per heavy atom. The first-order valence-electron chi connectivity index (χ1n) is 8.68. The lowest BCUT2D eigenvalue weighted by molar-refractivity contribution is 0.0690. The molecule has 0 amide bonds. The molecule has 1 fully saturated rings. The molecule has 3 rings (SSSR count). The van der Waals surface area contributed by atoms with Gasteiger partial charge in [-0.2, -0.15) is 0 Å². The number of nitrogens with zero attached hydrogens (tertiary/aromatic N) is 1. The van der Waals surface area contributed by atoms with E-state index in [2.05, 4.69) is 0 Å². The van der Waals surface area contributed by atoms with E-state index in [4.69, 9.17) is 4.74 Å². The number of rotatable bonds is 6. The highest BCUT2D eigenvalue weighted by atomic mass is 16.5. The molecule has 5 nitrogen and oxygen atoms in total. The third kappa shape index (κ3) is 3.99. The van der Waals surface area contributed by atoms with Gasteiger partial charge in [-0.05, 0) is 38.2 Å². The van der Waals surface area contributed by atoms with E-state index >= 15 is 0 Å². The fraction of sp³-hybridized carbons (Fsp3) is 0.400. The van der Waals surface area contributed by atoms with Crippen molar-refractivity contribution in [3.8, 4) is 0 Å². The van der Waals surface area contributed by atoms with E-state index in [0.717, 1.165) is 30.7 Å². The molecule has 1 aliphatic heterocycles. The zero-order valence-electron chi connectivity index (χ0n) is 14.4. The van der Waals surface area contributed by atoms with Gasteiger partial charge < -0.3 is 14.4 Å². The molecule has 1 N–H and O–H groups in total. The Morgan fingerprint density at radius 1 is 1.28 bits per heavy atom. The standard InChI is InChI=1S/C20H23NO4/c1-14-12-18(22)19(20(23)24)17(10-9-15-6-3-2-4-7-15)21(14)13-16-8-5-11-25-16/h2-4,6-7,12,16H,5,8-11,13H2,1H3,(H,23,24)/t16-/m0/s1. The smallest absolute Gasteiger partial charge is 0.341 e. The second-order valence-electron chi connectivity index (χ2n) is 6.51.